The van der Waals surface area contributed by atoms with E-state index in [9.17, 15) is 4.79 Å². The summed E-state index contributed by atoms with van der Waals surface area (Å²) < 4.78 is 12.0. The van der Waals surface area contributed by atoms with Crippen LogP contribution in [-0.2, 0) is 35.4 Å². The zero-order valence-electron chi connectivity index (χ0n) is 15.3. The average molecular weight is 458 g/mol. The molecule has 0 spiro atoms. The molecule has 1 radical (unpaired) electrons. The fraction of sp³-hybridized carbons (Fsp3) is 0.278. The summed E-state index contributed by atoms with van der Waals surface area (Å²) in [6.07, 6.45) is 3.49. The van der Waals surface area contributed by atoms with Gasteiger partial charge in [-0.3, -0.25) is 4.79 Å². The van der Waals surface area contributed by atoms with Crippen LogP contribution in [-0.4, -0.2) is 29.5 Å². The van der Waals surface area contributed by atoms with E-state index >= 15 is 0 Å². The Morgan fingerprint density at radius 3 is 2.27 bits per heavy atom. The molecule has 1 unspecified atom stereocenters. The molecular weight excluding hydrogens is 439 g/mol. The van der Waals surface area contributed by atoms with Crippen molar-refractivity contribution in [2.45, 2.75) is 26.2 Å². The van der Waals surface area contributed by atoms with Crippen molar-refractivity contribution in [3.8, 4) is 0 Å². The van der Waals surface area contributed by atoms with Gasteiger partial charge in [0, 0.05) is 7.11 Å². The number of ketones is 1. The third kappa shape index (κ3) is 3.28. The van der Waals surface area contributed by atoms with E-state index in [4.69, 9.17) is 8.85 Å². The van der Waals surface area contributed by atoms with Gasteiger partial charge in [0.2, 0.25) is 22.4 Å². The van der Waals surface area contributed by atoms with E-state index in [-0.39, 0.29) is 52.3 Å². The summed E-state index contributed by atoms with van der Waals surface area (Å²) in [7, 11) is -2.40. The predicted octanol–water partition coefficient (Wildman–Crippen LogP) is -2.46. The molecule has 1 aromatic rings. The summed E-state index contributed by atoms with van der Waals surface area (Å²) in [5, 5.41) is 1.98. The van der Waals surface area contributed by atoms with E-state index < -0.39 is 16.6 Å². The number of hydrogen-bond acceptors (Lipinski definition) is 3. The van der Waals surface area contributed by atoms with Gasteiger partial charge in [0.15, 0.2) is 0 Å². The third-order valence-electron chi connectivity index (χ3n) is 4.57. The van der Waals surface area contributed by atoms with E-state index in [1.54, 1.807) is 7.11 Å². The Kier molecular flexibility index (Phi) is 6.86. The summed E-state index contributed by atoms with van der Waals surface area (Å²) in [6, 6.07) is 8.08. The van der Waals surface area contributed by atoms with Crippen molar-refractivity contribution < 1.29 is 60.2 Å². The zero-order chi connectivity index (χ0) is 16.6. The molecule has 0 fully saturated rings. The van der Waals surface area contributed by atoms with Crippen LogP contribution in [0.2, 0.25) is 26.2 Å². The minimum atomic E-state index is -2.20. The molecule has 3 aliphatic rings. The number of carbonyl (C=O) groups excluding carboxylic acids is 1. The third-order valence-corrected chi connectivity index (χ3v) is 8.84. The van der Waals surface area contributed by atoms with Crippen molar-refractivity contribution in [1.29, 1.82) is 0 Å². The van der Waals surface area contributed by atoms with Gasteiger partial charge in [0.05, 0.1) is 0 Å². The first-order chi connectivity index (χ1) is 10.8. The molecule has 26 heavy (non-hydrogen) atoms. The molecule has 1 atom stereocenters. The van der Waals surface area contributed by atoms with Crippen molar-refractivity contribution in [1.82, 2.24) is 0 Å². The smallest absolute Gasteiger partial charge is 1.00 e. The first kappa shape index (κ1) is 23.6. The standard InChI is InChI=1S/C18H19O3Si2.2ClH.Ti/c1-20-23(5)17-13-10-11-8-6-7-9-12(11)14(13)16(15(19)18(17)23)21-22(2,3)4;;;/h6-9H,1-5H3;2*1H;/q-1;;;+3/p-2. The minimum Gasteiger partial charge on any atom is -1.00 e. The van der Waals surface area contributed by atoms with Crippen molar-refractivity contribution in [2.75, 3.05) is 7.11 Å². The molecule has 4 rings (SSSR count). The van der Waals surface area contributed by atoms with Crippen LogP contribution >= 0.6 is 0 Å². The maximum Gasteiger partial charge on any atom is 3.00 e. The van der Waals surface area contributed by atoms with Crippen LogP contribution in [0.5, 0.6) is 0 Å². The molecule has 0 bridgehead atoms. The summed E-state index contributed by atoms with van der Waals surface area (Å²) in [5.74, 6) is 0.555. The minimum absolute atomic E-state index is 0. The first-order valence-electron chi connectivity index (χ1n) is 7.80. The monoisotopic (exact) mass is 457 g/mol. The Bertz CT molecular complexity index is 871. The fourth-order valence-electron chi connectivity index (χ4n) is 3.45. The van der Waals surface area contributed by atoms with Gasteiger partial charge in [-0.15, -0.1) is 28.8 Å². The largest absolute Gasteiger partial charge is 3.00 e. The van der Waals surface area contributed by atoms with Gasteiger partial charge in [0.1, 0.15) is 5.76 Å². The Morgan fingerprint density at radius 1 is 1.08 bits per heavy atom. The number of allylic oxidation sites excluding steroid dienone is 4. The molecule has 1 heterocycles. The molecule has 0 N–H and O–H groups in total. The molecule has 0 saturated carbocycles. The molecular formula is C18H19Cl2O3Si2Ti. The Balaban J connectivity index is 0.00000113. The summed E-state index contributed by atoms with van der Waals surface area (Å²) >= 11 is 0. The molecule has 8 heteroatoms. The van der Waals surface area contributed by atoms with Gasteiger partial charge < -0.3 is 33.7 Å². The number of halogens is 2. The zero-order valence-corrected chi connectivity index (χ0v) is 20.4. The second-order valence-electron chi connectivity index (χ2n) is 7.28. The average Bonchev–Trinajstić information content (AvgIpc) is 2.93. The van der Waals surface area contributed by atoms with Crippen molar-refractivity contribution in [2.24, 2.45) is 0 Å². The van der Waals surface area contributed by atoms with E-state index in [1.807, 2.05) is 24.3 Å². The summed E-state index contributed by atoms with van der Waals surface area (Å²) in [5.41, 5.74) is 4.05. The van der Waals surface area contributed by atoms with Crippen molar-refractivity contribution in [3.63, 3.8) is 0 Å². The normalized spacial score (nSPS) is 22.2. The molecule has 0 amide bonds. The number of Topliss-reactive ketones (excluding diaryl/α,β-unsaturated/α-hetero) is 1. The second kappa shape index (κ2) is 7.55. The van der Waals surface area contributed by atoms with Crippen LogP contribution in [0.1, 0.15) is 11.1 Å². The van der Waals surface area contributed by atoms with Crippen LogP contribution in [0.3, 0.4) is 0 Å². The van der Waals surface area contributed by atoms with Crippen LogP contribution in [0.15, 0.2) is 46.0 Å². The molecule has 135 valence electrons. The Labute approximate surface area is 183 Å². The maximum absolute atomic E-state index is 13.1. The van der Waals surface area contributed by atoms with Gasteiger partial charge in [-0.2, -0.15) is 0 Å². The quantitative estimate of drug-likeness (QED) is 0.373. The molecule has 1 aromatic carbocycles. The number of benzene rings is 1. The summed E-state index contributed by atoms with van der Waals surface area (Å²) in [4.78, 5) is 13.1. The van der Waals surface area contributed by atoms with E-state index in [0.29, 0.717) is 5.76 Å². The van der Waals surface area contributed by atoms with E-state index in [2.05, 4.69) is 32.3 Å². The Morgan fingerprint density at radius 2 is 1.69 bits per heavy atom. The molecule has 3 nitrogen and oxygen atoms in total. The predicted molar refractivity (Wildman–Crippen MR) is 94.3 cm³/mol. The van der Waals surface area contributed by atoms with Gasteiger partial charge in [0.25, 0.3) is 0 Å². The molecule has 1 aliphatic heterocycles. The van der Waals surface area contributed by atoms with E-state index in [0.717, 1.165) is 32.7 Å². The van der Waals surface area contributed by atoms with Gasteiger partial charge >= 0.3 is 21.7 Å². The number of carbonyl (C=O) groups is 1. The SMILES string of the molecule is CO[Si]1(C)C2=C1C1=[C-]c3ccccc3C1=C(O[Si](C)(C)C)C2=O.[Cl-].[Cl-].[Ti+3]. The van der Waals surface area contributed by atoms with Gasteiger partial charge in [-0.05, 0) is 31.4 Å². The van der Waals surface area contributed by atoms with Crippen molar-refractivity contribution in [3.05, 3.63) is 63.2 Å². The second-order valence-corrected chi connectivity index (χ2v) is 15.2. The van der Waals surface area contributed by atoms with Gasteiger partial charge in [-0.1, -0.05) is 29.0 Å². The molecule has 0 saturated heterocycles. The molecule has 0 aromatic heterocycles. The number of rotatable bonds is 3. The summed E-state index contributed by atoms with van der Waals surface area (Å²) in [6.45, 7) is 8.39. The van der Waals surface area contributed by atoms with Crippen molar-refractivity contribution >= 4 is 28.0 Å². The van der Waals surface area contributed by atoms with Crippen LogP contribution < -0.4 is 24.8 Å². The fourth-order valence-corrected chi connectivity index (χ4v) is 7.36. The molecule has 2 aliphatic carbocycles. The van der Waals surface area contributed by atoms with E-state index in [1.165, 1.54) is 0 Å². The number of hydrogen-bond donors (Lipinski definition) is 0. The van der Waals surface area contributed by atoms with Gasteiger partial charge in [-0.25, -0.2) is 0 Å². The van der Waals surface area contributed by atoms with Crippen LogP contribution in [0, 0.1) is 6.08 Å². The van der Waals surface area contributed by atoms with Crippen LogP contribution in [0.4, 0.5) is 0 Å². The first-order valence-corrected chi connectivity index (χ1v) is 13.6. The Hall–Kier alpha value is -0.402. The number of fused-ring (bicyclic) bond motifs is 4. The van der Waals surface area contributed by atoms with Crippen LogP contribution in [0.25, 0.3) is 5.57 Å². The maximum atomic E-state index is 13.1. The topological polar surface area (TPSA) is 35.5 Å².